The van der Waals surface area contributed by atoms with Crippen molar-refractivity contribution < 1.29 is 13.5 Å². The predicted octanol–water partition coefficient (Wildman–Crippen LogP) is 0.877. The first kappa shape index (κ1) is 10.3. The average molecular weight is 238 g/mol. The van der Waals surface area contributed by atoms with Crippen LogP contribution in [0.5, 0.6) is 0 Å². The Kier molecular flexibility index (Phi) is 2.15. The molecule has 17 heavy (non-hydrogen) atoms. The van der Waals surface area contributed by atoms with Crippen LogP contribution in [0.4, 0.5) is 8.78 Å². The standard InChI is InChI=1S/C10H8F2N4O/c11-7-1-2-8(9(12)3-7)10(5-17-10)4-16-6-13-14-15-16/h1-3,6H,4-5H2. The number of ether oxygens (including phenoxy) is 1. The Morgan fingerprint density at radius 3 is 2.82 bits per heavy atom. The summed E-state index contributed by atoms with van der Waals surface area (Å²) in [5, 5.41) is 10.7. The Morgan fingerprint density at radius 1 is 1.41 bits per heavy atom. The Labute approximate surface area is 95.0 Å². The molecule has 0 bridgehead atoms. The van der Waals surface area contributed by atoms with Crippen molar-refractivity contribution in [3.63, 3.8) is 0 Å². The number of tetrazole rings is 1. The zero-order valence-corrected chi connectivity index (χ0v) is 8.68. The lowest BCUT2D eigenvalue weighted by Gasteiger charge is -2.12. The number of epoxide rings is 1. The van der Waals surface area contributed by atoms with Crippen molar-refractivity contribution in [1.82, 2.24) is 20.2 Å². The topological polar surface area (TPSA) is 56.1 Å². The minimum Gasteiger partial charge on any atom is -0.362 e. The predicted molar refractivity (Wildman–Crippen MR) is 51.8 cm³/mol. The molecule has 1 unspecified atom stereocenters. The molecular weight excluding hydrogens is 230 g/mol. The van der Waals surface area contributed by atoms with Crippen molar-refractivity contribution in [1.29, 1.82) is 0 Å². The van der Waals surface area contributed by atoms with E-state index in [1.807, 2.05) is 0 Å². The van der Waals surface area contributed by atoms with Crippen LogP contribution in [-0.4, -0.2) is 26.8 Å². The smallest absolute Gasteiger partial charge is 0.139 e. The summed E-state index contributed by atoms with van der Waals surface area (Å²) in [4.78, 5) is 0. The molecule has 0 saturated carbocycles. The average Bonchev–Trinajstić information content (AvgIpc) is 2.86. The molecule has 88 valence electrons. The van der Waals surface area contributed by atoms with Gasteiger partial charge < -0.3 is 4.74 Å². The van der Waals surface area contributed by atoms with Crippen molar-refractivity contribution in [2.24, 2.45) is 0 Å². The Balaban J connectivity index is 1.92. The Morgan fingerprint density at radius 2 is 2.24 bits per heavy atom. The minimum atomic E-state index is -0.771. The van der Waals surface area contributed by atoms with Gasteiger partial charge in [0.25, 0.3) is 0 Å². The Bertz CT molecular complexity index is 539. The van der Waals surface area contributed by atoms with E-state index >= 15 is 0 Å². The zero-order chi connectivity index (χ0) is 11.9. The van der Waals surface area contributed by atoms with E-state index in [1.54, 1.807) is 0 Å². The van der Waals surface area contributed by atoms with Crippen LogP contribution in [0, 0.1) is 11.6 Å². The van der Waals surface area contributed by atoms with Crippen molar-refractivity contribution in [2.75, 3.05) is 6.61 Å². The van der Waals surface area contributed by atoms with E-state index in [2.05, 4.69) is 15.5 Å². The number of aromatic nitrogens is 4. The van der Waals surface area contributed by atoms with Gasteiger partial charge in [-0.15, -0.1) is 5.10 Å². The summed E-state index contributed by atoms with van der Waals surface area (Å²) in [6.07, 6.45) is 1.42. The van der Waals surface area contributed by atoms with Crippen LogP contribution in [0.25, 0.3) is 0 Å². The summed E-state index contributed by atoms with van der Waals surface area (Å²) in [5.74, 6) is -1.22. The first-order chi connectivity index (χ1) is 8.20. The van der Waals surface area contributed by atoms with E-state index in [9.17, 15) is 8.78 Å². The molecule has 1 aromatic heterocycles. The maximum Gasteiger partial charge on any atom is 0.139 e. The lowest BCUT2D eigenvalue weighted by atomic mass is 9.99. The first-order valence-electron chi connectivity index (χ1n) is 5.00. The molecule has 0 spiro atoms. The number of rotatable bonds is 3. The fraction of sp³-hybridized carbons (Fsp3) is 0.300. The van der Waals surface area contributed by atoms with E-state index < -0.39 is 17.2 Å². The van der Waals surface area contributed by atoms with E-state index in [4.69, 9.17) is 4.74 Å². The fourth-order valence-corrected chi connectivity index (χ4v) is 1.79. The van der Waals surface area contributed by atoms with Crippen molar-refractivity contribution >= 4 is 0 Å². The van der Waals surface area contributed by atoms with Crippen LogP contribution in [0.2, 0.25) is 0 Å². The van der Waals surface area contributed by atoms with Crippen molar-refractivity contribution in [2.45, 2.75) is 12.1 Å². The summed E-state index contributed by atoms with van der Waals surface area (Å²) >= 11 is 0. The third-order valence-electron chi connectivity index (χ3n) is 2.72. The number of halogens is 2. The quantitative estimate of drug-likeness (QED) is 0.745. The molecule has 5 nitrogen and oxygen atoms in total. The van der Waals surface area contributed by atoms with Gasteiger partial charge in [-0.25, -0.2) is 13.5 Å². The molecular formula is C10H8F2N4O. The summed E-state index contributed by atoms with van der Waals surface area (Å²) in [6, 6.07) is 3.45. The molecule has 1 aliphatic rings. The molecule has 3 rings (SSSR count). The molecule has 1 atom stereocenters. The van der Waals surface area contributed by atoms with Crippen molar-refractivity contribution in [3.8, 4) is 0 Å². The van der Waals surface area contributed by atoms with Crippen LogP contribution in [0.1, 0.15) is 5.56 Å². The summed E-state index contributed by atoms with van der Waals surface area (Å²) in [5.41, 5.74) is -0.443. The van der Waals surface area contributed by atoms with Gasteiger partial charge >= 0.3 is 0 Å². The number of benzene rings is 1. The van der Waals surface area contributed by atoms with Gasteiger partial charge in [-0.1, -0.05) is 6.07 Å². The lowest BCUT2D eigenvalue weighted by Crippen LogP contribution is -2.20. The normalized spacial score (nSPS) is 22.7. The highest BCUT2D eigenvalue weighted by Crippen LogP contribution is 2.41. The van der Waals surface area contributed by atoms with Gasteiger partial charge in [-0.05, 0) is 16.5 Å². The second-order valence-corrected chi connectivity index (χ2v) is 3.91. The van der Waals surface area contributed by atoms with Gasteiger partial charge in [0.15, 0.2) is 0 Å². The van der Waals surface area contributed by atoms with Gasteiger partial charge in [-0.2, -0.15) is 0 Å². The second kappa shape index (κ2) is 3.56. The Hall–Kier alpha value is -1.89. The van der Waals surface area contributed by atoms with Crippen LogP contribution >= 0.6 is 0 Å². The third kappa shape index (κ3) is 1.78. The summed E-state index contributed by atoms with van der Waals surface area (Å²) < 4.78 is 33.2. The first-order valence-corrected chi connectivity index (χ1v) is 5.00. The molecule has 1 aromatic carbocycles. The van der Waals surface area contributed by atoms with Crippen molar-refractivity contribution in [3.05, 3.63) is 41.7 Å². The molecule has 0 amide bonds. The van der Waals surface area contributed by atoms with E-state index in [0.717, 1.165) is 6.07 Å². The maximum absolute atomic E-state index is 13.6. The third-order valence-corrected chi connectivity index (χ3v) is 2.72. The number of nitrogens with zero attached hydrogens (tertiary/aromatic N) is 4. The van der Waals surface area contributed by atoms with E-state index in [1.165, 1.54) is 23.1 Å². The van der Waals surface area contributed by atoms with Gasteiger partial charge in [0, 0.05) is 11.6 Å². The second-order valence-electron chi connectivity index (χ2n) is 3.91. The fourth-order valence-electron chi connectivity index (χ4n) is 1.79. The molecule has 7 heteroatoms. The molecule has 1 aliphatic heterocycles. The highest BCUT2D eigenvalue weighted by atomic mass is 19.1. The lowest BCUT2D eigenvalue weighted by molar-refractivity contribution is 0.260. The molecule has 0 N–H and O–H groups in total. The van der Waals surface area contributed by atoms with Gasteiger partial charge in [-0.3, -0.25) is 0 Å². The van der Waals surface area contributed by atoms with E-state index in [-0.39, 0.29) is 0 Å². The van der Waals surface area contributed by atoms with Crippen LogP contribution in [-0.2, 0) is 16.9 Å². The minimum absolute atomic E-state index is 0.308. The largest absolute Gasteiger partial charge is 0.362 e. The molecule has 0 radical (unpaired) electrons. The monoisotopic (exact) mass is 238 g/mol. The molecule has 2 aromatic rings. The highest BCUT2D eigenvalue weighted by Gasteiger charge is 2.49. The number of hydrogen-bond donors (Lipinski definition) is 0. The van der Waals surface area contributed by atoms with Gasteiger partial charge in [0.1, 0.15) is 23.6 Å². The van der Waals surface area contributed by atoms with Crippen LogP contribution < -0.4 is 0 Å². The maximum atomic E-state index is 13.6. The molecule has 1 fully saturated rings. The molecule has 0 aliphatic carbocycles. The van der Waals surface area contributed by atoms with Gasteiger partial charge in [0.2, 0.25) is 0 Å². The van der Waals surface area contributed by atoms with Crippen LogP contribution in [0.3, 0.4) is 0 Å². The van der Waals surface area contributed by atoms with Gasteiger partial charge in [0.05, 0.1) is 13.2 Å². The SMILES string of the molecule is Fc1ccc(C2(Cn3cnnn3)CO2)c(F)c1. The van der Waals surface area contributed by atoms with Crippen LogP contribution in [0.15, 0.2) is 24.5 Å². The summed E-state index contributed by atoms with van der Waals surface area (Å²) in [6.45, 7) is 0.679. The summed E-state index contributed by atoms with van der Waals surface area (Å²) in [7, 11) is 0. The molecule has 2 heterocycles. The molecule has 1 saturated heterocycles. The zero-order valence-electron chi connectivity index (χ0n) is 8.68. The number of hydrogen-bond acceptors (Lipinski definition) is 4. The highest BCUT2D eigenvalue weighted by molar-refractivity contribution is 5.28. The van der Waals surface area contributed by atoms with E-state index in [0.29, 0.717) is 18.7 Å².